The first kappa shape index (κ1) is 13.0. The molecule has 0 amide bonds. The van der Waals surface area contributed by atoms with E-state index in [1.54, 1.807) is 12.1 Å². The van der Waals surface area contributed by atoms with Crippen molar-refractivity contribution >= 4 is 5.69 Å². The Hall–Kier alpha value is -2.40. The molecule has 0 saturated carbocycles. The number of anilines is 1. The molecule has 0 radical (unpaired) electrons. The molecule has 2 N–H and O–H groups in total. The Morgan fingerprint density at radius 2 is 1.95 bits per heavy atom. The molecule has 2 aromatic rings. The fourth-order valence-electron chi connectivity index (χ4n) is 2.02. The van der Waals surface area contributed by atoms with E-state index in [1.165, 1.54) is 5.56 Å². The molecule has 0 spiro atoms. The zero-order valence-electron chi connectivity index (χ0n) is 10.9. The molecule has 0 fully saturated rings. The first-order chi connectivity index (χ1) is 9.17. The minimum absolute atomic E-state index is 0.289. The number of hydrogen-bond acceptors (Lipinski definition) is 2. The van der Waals surface area contributed by atoms with Crippen LogP contribution in [0.3, 0.4) is 0 Å². The zero-order chi connectivity index (χ0) is 13.7. The van der Waals surface area contributed by atoms with E-state index in [4.69, 9.17) is 6.42 Å². The van der Waals surface area contributed by atoms with Crippen molar-refractivity contribution in [1.82, 2.24) is 0 Å². The van der Waals surface area contributed by atoms with Gasteiger partial charge >= 0.3 is 0 Å². The van der Waals surface area contributed by atoms with Crippen LogP contribution in [-0.4, -0.2) is 11.1 Å². The van der Waals surface area contributed by atoms with Crippen molar-refractivity contribution < 1.29 is 5.11 Å². The standard InChI is InChI=1S/C17H17NO/c1-3-14-5-4-6-16(12-14)18-13(2)11-15-7-9-17(19)10-8-15/h1,4-10,12-13,18-19H,11H2,2H3. The van der Waals surface area contributed by atoms with Gasteiger partial charge in [-0.05, 0) is 49.2 Å². The number of aromatic hydroxyl groups is 1. The van der Waals surface area contributed by atoms with E-state index in [2.05, 4.69) is 18.2 Å². The SMILES string of the molecule is C#Cc1cccc(NC(C)Cc2ccc(O)cc2)c1. The van der Waals surface area contributed by atoms with Crippen molar-refractivity contribution in [3.63, 3.8) is 0 Å². The van der Waals surface area contributed by atoms with Crippen LogP contribution in [0.4, 0.5) is 5.69 Å². The summed E-state index contributed by atoms with van der Waals surface area (Å²) in [7, 11) is 0. The van der Waals surface area contributed by atoms with Crippen LogP contribution in [0.2, 0.25) is 0 Å². The first-order valence-electron chi connectivity index (χ1n) is 6.28. The van der Waals surface area contributed by atoms with Crippen LogP contribution in [0.1, 0.15) is 18.1 Å². The quantitative estimate of drug-likeness (QED) is 0.816. The second-order valence-electron chi connectivity index (χ2n) is 4.64. The third-order valence-corrected chi connectivity index (χ3v) is 2.92. The molecular weight excluding hydrogens is 234 g/mol. The van der Waals surface area contributed by atoms with Gasteiger partial charge in [-0.25, -0.2) is 0 Å². The van der Waals surface area contributed by atoms with Gasteiger partial charge in [-0.2, -0.15) is 0 Å². The molecule has 2 nitrogen and oxygen atoms in total. The van der Waals surface area contributed by atoms with Crippen molar-refractivity contribution in [1.29, 1.82) is 0 Å². The highest BCUT2D eigenvalue weighted by molar-refractivity contribution is 5.50. The molecule has 0 aliphatic heterocycles. The molecule has 2 rings (SSSR count). The van der Waals surface area contributed by atoms with Crippen molar-refractivity contribution in [2.24, 2.45) is 0 Å². The number of nitrogens with one attached hydrogen (secondary N) is 1. The Kier molecular flexibility index (Phi) is 4.10. The number of benzene rings is 2. The van der Waals surface area contributed by atoms with Crippen LogP contribution in [0.5, 0.6) is 5.75 Å². The van der Waals surface area contributed by atoms with Crippen LogP contribution >= 0.6 is 0 Å². The lowest BCUT2D eigenvalue weighted by atomic mass is 10.1. The summed E-state index contributed by atoms with van der Waals surface area (Å²) in [6.07, 6.45) is 6.28. The zero-order valence-corrected chi connectivity index (χ0v) is 10.9. The van der Waals surface area contributed by atoms with E-state index in [-0.39, 0.29) is 6.04 Å². The van der Waals surface area contributed by atoms with Gasteiger partial charge in [0, 0.05) is 17.3 Å². The maximum Gasteiger partial charge on any atom is 0.115 e. The van der Waals surface area contributed by atoms with Gasteiger partial charge in [-0.15, -0.1) is 6.42 Å². The molecule has 2 aromatic carbocycles. The summed E-state index contributed by atoms with van der Waals surface area (Å²) in [5, 5.41) is 12.7. The number of phenols is 1. The Labute approximate surface area is 114 Å². The molecular formula is C17H17NO. The number of hydrogen-bond donors (Lipinski definition) is 2. The third kappa shape index (κ3) is 3.79. The van der Waals surface area contributed by atoms with Gasteiger partial charge in [-0.1, -0.05) is 24.1 Å². The second-order valence-corrected chi connectivity index (χ2v) is 4.64. The summed E-state index contributed by atoms with van der Waals surface area (Å²) in [5.41, 5.74) is 3.09. The average Bonchev–Trinajstić information content (AvgIpc) is 2.41. The van der Waals surface area contributed by atoms with E-state index in [0.717, 1.165) is 17.7 Å². The predicted molar refractivity (Wildman–Crippen MR) is 79.3 cm³/mol. The molecule has 19 heavy (non-hydrogen) atoms. The van der Waals surface area contributed by atoms with Crippen LogP contribution < -0.4 is 5.32 Å². The highest BCUT2D eigenvalue weighted by Gasteiger charge is 2.04. The highest BCUT2D eigenvalue weighted by Crippen LogP contribution is 2.15. The largest absolute Gasteiger partial charge is 0.508 e. The number of phenolic OH excluding ortho intramolecular Hbond substituents is 1. The summed E-state index contributed by atoms with van der Waals surface area (Å²) in [5.74, 6) is 2.93. The molecule has 96 valence electrons. The molecule has 2 heteroatoms. The minimum Gasteiger partial charge on any atom is -0.508 e. The summed E-state index contributed by atoms with van der Waals surface area (Å²) in [6, 6.07) is 15.4. The maximum absolute atomic E-state index is 9.25. The van der Waals surface area contributed by atoms with Crippen LogP contribution in [0, 0.1) is 12.3 Å². The van der Waals surface area contributed by atoms with Gasteiger partial charge in [0.25, 0.3) is 0 Å². The lowest BCUT2D eigenvalue weighted by Gasteiger charge is -2.15. The Morgan fingerprint density at radius 1 is 1.21 bits per heavy atom. The Balaban J connectivity index is 1.99. The fraction of sp³-hybridized carbons (Fsp3) is 0.176. The lowest BCUT2D eigenvalue weighted by molar-refractivity contribution is 0.475. The predicted octanol–water partition coefficient (Wildman–Crippen LogP) is 3.42. The molecule has 0 aliphatic rings. The smallest absolute Gasteiger partial charge is 0.115 e. The molecule has 1 unspecified atom stereocenters. The van der Waals surface area contributed by atoms with Crippen LogP contribution in [0.25, 0.3) is 0 Å². The van der Waals surface area contributed by atoms with Gasteiger partial charge in [0.1, 0.15) is 5.75 Å². The van der Waals surface area contributed by atoms with Crippen LogP contribution in [-0.2, 0) is 6.42 Å². The monoisotopic (exact) mass is 251 g/mol. The van der Waals surface area contributed by atoms with E-state index < -0.39 is 0 Å². The second kappa shape index (κ2) is 5.97. The molecule has 0 aromatic heterocycles. The minimum atomic E-state index is 0.289. The Morgan fingerprint density at radius 3 is 2.63 bits per heavy atom. The first-order valence-corrected chi connectivity index (χ1v) is 6.28. The molecule has 0 heterocycles. The van der Waals surface area contributed by atoms with Gasteiger partial charge in [0.2, 0.25) is 0 Å². The van der Waals surface area contributed by atoms with E-state index in [9.17, 15) is 5.11 Å². The Bertz CT molecular complexity index is 581. The molecule has 0 bridgehead atoms. The summed E-state index contributed by atoms with van der Waals surface area (Å²) in [6.45, 7) is 2.12. The van der Waals surface area contributed by atoms with Gasteiger partial charge in [-0.3, -0.25) is 0 Å². The average molecular weight is 251 g/mol. The third-order valence-electron chi connectivity index (χ3n) is 2.92. The normalized spacial score (nSPS) is 11.6. The van der Waals surface area contributed by atoms with Gasteiger partial charge in [0.05, 0.1) is 0 Å². The van der Waals surface area contributed by atoms with Crippen molar-refractivity contribution in [2.45, 2.75) is 19.4 Å². The van der Waals surface area contributed by atoms with Gasteiger partial charge in [0.15, 0.2) is 0 Å². The molecule has 0 aliphatic carbocycles. The van der Waals surface area contributed by atoms with Crippen molar-refractivity contribution in [3.05, 3.63) is 59.7 Å². The summed E-state index contributed by atoms with van der Waals surface area (Å²) >= 11 is 0. The van der Waals surface area contributed by atoms with E-state index >= 15 is 0 Å². The van der Waals surface area contributed by atoms with Gasteiger partial charge < -0.3 is 10.4 Å². The maximum atomic E-state index is 9.25. The van der Waals surface area contributed by atoms with E-state index in [0.29, 0.717) is 5.75 Å². The number of terminal acetylenes is 1. The molecule has 1 atom stereocenters. The fourth-order valence-corrected chi connectivity index (χ4v) is 2.02. The lowest BCUT2D eigenvalue weighted by Crippen LogP contribution is -2.17. The summed E-state index contributed by atoms with van der Waals surface area (Å²) < 4.78 is 0. The topological polar surface area (TPSA) is 32.3 Å². The molecule has 0 saturated heterocycles. The van der Waals surface area contributed by atoms with Crippen LogP contribution in [0.15, 0.2) is 48.5 Å². The summed E-state index contributed by atoms with van der Waals surface area (Å²) in [4.78, 5) is 0. The van der Waals surface area contributed by atoms with Crippen molar-refractivity contribution in [2.75, 3.05) is 5.32 Å². The van der Waals surface area contributed by atoms with E-state index in [1.807, 2.05) is 36.4 Å². The number of rotatable bonds is 4. The highest BCUT2D eigenvalue weighted by atomic mass is 16.3. The van der Waals surface area contributed by atoms with Crippen molar-refractivity contribution in [3.8, 4) is 18.1 Å².